The fourth-order valence-electron chi connectivity index (χ4n) is 2.08. The average molecular weight is 316 g/mol. The molecule has 1 saturated carbocycles. The topological polar surface area (TPSA) is 109 Å². The van der Waals surface area contributed by atoms with Gasteiger partial charge in [-0.05, 0) is 12.8 Å². The zero-order valence-corrected chi connectivity index (χ0v) is 12.5. The second-order valence-corrected chi connectivity index (χ2v) is 8.56. The molecule has 0 unspecified atom stereocenters. The zero-order valence-electron chi connectivity index (χ0n) is 10.9. The van der Waals surface area contributed by atoms with Crippen molar-refractivity contribution in [3.05, 3.63) is 0 Å². The van der Waals surface area contributed by atoms with Gasteiger partial charge >= 0.3 is 0 Å². The molecule has 0 radical (unpaired) electrons. The summed E-state index contributed by atoms with van der Waals surface area (Å²) in [6, 6.07) is 0. The number of hydrogen-bond acceptors (Lipinski definition) is 5. The molecule has 116 valence electrons. The molecular weight excluding hydrogens is 292 g/mol. The lowest BCUT2D eigenvalue weighted by molar-refractivity contribution is -0.117. The van der Waals surface area contributed by atoms with Crippen molar-refractivity contribution in [2.24, 2.45) is 0 Å². The fraction of sp³-hybridized carbons (Fsp3) is 0.900. The van der Waals surface area contributed by atoms with Crippen molar-refractivity contribution < 1.29 is 24.5 Å². The molecule has 0 atom stereocenters. The zero-order chi connectivity index (χ0) is 14.5. The summed E-state index contributed by atoms with van der Waals surface area (Å²) < 4.78 is 50.6. The molecule has 0 spiro atoms. The highest BCUT2D eigenvalue weighted by atomic mass is 32.2. The van der Waals surface area contributed by atoms with Crippen LogP contribution in [0.2, 0.25) is 0 Å². The third-order valence-electron chi connectivity index (χ3n) is 2.96. The minimum Gasteiger partial charge on any atom is -0.274 e. The first kappa shape index (κ1) is 16.4. The van der Waals surface area contributed by atoms with Gasteiger partial charge in [0.15, 0.2) is 0 Å². The lowest BCUT2D eigenvalue weighted by Crippen LogP contribution is -2.40. The summed E-state index contributed by atoms with van der Waals surface area (Å²) >= 11 is 0. The third kappa shape index (κ3) is 5.87. The van der Waals surface area contributed by atoms with Gasteiger partial charge in [0.05, 0.1) is 11.0 Å². The standard InChI is InChI=1S/C10H20N2O5S2.2H2/c1-9(13)12-18(14,15)8-7-11-19(16,17)10-5-3-2-4-6-10;;/h10-11H,2-8H2,1H3,(H,12,13);2*1H. The Hall–Kier alpha value is -0.670. The fourth-order valence-corrected chi connectivity index (χ4v) is 4.70. The van der Waals surface area contributed by atoms with E-state index in [-0.39, 0.29) is 9.40 Å². The summed E-state index contributed by atoms with van der Waals surface area (Å²) in [5.74, 6) is -1.13. The summed E-state index contributed by atoms with van der Waals surface area (Å²) in [6.45, 7) is 0.866. The monoisotopic (exact) mass is 316 g/mol. The Labute approximate surface area is 117 Å². The van der Waals surface area contributed by atoms with Crippen molar-refractivity contribution in [1.29, 1.82) is 0 Å². The van der Waals surface area contributed by atoms with E-state index in [1.54, 1.807) is 4.72 Å². The molecule has 0 bridgehead atoms. The van der Waals surface area contributed by atoms with Crippen molar-refractivity contribution >= 4 is 26.0 Å². The van der Waals surface area contributed by atoms with Crippen molar-refractivity contribution in [3.8, 4) is 0 Å². The summed E-state index contributed by atoms with van der Waals surface area (Å²) in [6.07, 6.45) is 4.05. The quantitative estimate of drug-likeness (QED) is 0.727. The Morgan fingerprint density at radius 1 is 1.16 bits per heavy atom. The molecule has 1 aliphatic rings. The highest BCUT2D eigenvalue weighted by Gasteiger charge is 2.27. The van der Waals surface area contributed by atoms with E-state index in [1.807, 2.05) is 0 Å². The van der Waals surface area contributed by atoms with Crippen molar-refractivity contribution in [2.75, 3.05) is 12.3 Å². The van der Waals surface area contributed by atoms with Gasteiger partial charge in [-0.2, -0.15) is 0 Å². The predicted molar refractivity (Wildman–Crippen MR) is 75.6 cm³/mol. The molecular formula is C10H24N2O5S2. The van der Waals surface area contributed by atoms with Crippen LogP contribution in [-0.2, 0) is 24.8 Å². The van der Waals surface area contributed by atoms with Gasteiger partial charge in [0.25, 0.3) is 0 Å². The SMILES string of the molecule is CC(=O)NS(=O)(=O)CCNS(=O)(=O)C1CCCCC1.[HH].[HH]. The Kier molecular flexibility index (Phi) is 5.75. The first-order chi connectivity index (χ1) is 8.73. The second kappa shape index (κ2) is 6.67. The highest BCUT2D eigenvalue weighted by molar-refractivity contribution is 7.91. The van der Waals surface area contributed by atoms with Gasteiger partial charge in [0.2, 0.25) is 26.0 Å². The molecule has 0 saturated heterocycles. The van der Waals surface area contributed by atoms with Gasteiger partial charge in [0, 0.05) is 16.3 Å². The number of sulfonamides is 2. The lowest BCUT2D eigenvalue weighted by Gasteiger charge is -2.21. The van der Waals surface area contributed by atoms with Crippen molar-refractivity contribution in [2.45, 2.75) is 44.3 Å². The van der Waals surface area contributed by atoms with Gasteiger partial charge < -0.3 is 0 Å². The van der Waals surface area contributed by atoms with Crippen LogP contribution >= 0.6 is 0 Å². The molecule has 2 N–H and O–H groups in total. The molecule has 0 heterocycles. The highest BCUT2D eigenvalue weighted by Crippen LogP contribution is 2.22. The van der Waals surface area contributed by atoms with E-state index < -0.39 is 37.0 Å². The Bertz CT molecular complexity index is 516. The van der Waals surface area contributed by atoms with Crippen LogP contribution in [0.5, 0.6) is 0 Å². The molecule has 1 fully saturated rings. The number of carbonyl (C=O) groups excluding carboxylic acids is 1. The number of rotatable bonds is 6. The molecule has 1 aliphatic carbocycles. The summed E-state index contributed by atoms with van der Waals surface area (Å²) in [7, 11) is -7.22. The maximum absolute atomic E-state index is 11.9. The van der Waals surface area contributed by atoms with Gasteiger partial charge in [-0.3, -0.25) is 9.52 Å². The van der Waals surface area contributed by atoms with Gasteiger partial charge in [0.1, 0.15) is 0 Å². The smallest absolute Gasteiger partial charge is 0.236 e. The Balaban J connectivity index is 0. The van der Waals surface area contributed by atoms with Crippen molar-refractivity contribution in [3.63, 3.8) is 0 Å². The summed E-state index contributed by atoms with van der Waals surface area (Å²) in [4.78, 5) is 10.6. The van der Waals surface area contributed by atoms with Crippen LogP contribution in [0.15, 0.2) is 0 Å². The molecule has 19 heavy (non-hydrogen) atoms. The van der Waals surface area contributed by atoms with E-state index in [4.69, 9.17) is 0 Å². The molecule has 0 aliphatic heterocycles. The predicted octanol–water partition coefficient (Wildman–Crippen LogP) is 0.196. The Morgan fingerprint density at radius 2 is 1.74 bits per heavy atom. The number of nitrogens with one attached hydrogen (secondary N) is 2. The molecule has 1 rings (SSSR count). The number of carbonyl (C=O) groups is 1. The van der Waals surface area contributed by atoms with E-state index >= 15 is 0 Å². The minimum absolute atomic E-state index is 0. The average Bonchev–Trinajstić information content (AvgIpc) is 2.27. The van der Waals surface area contributed by atoms with Crippen LogP contribution in [0, 0.1) is 0 Å². The molecule has 1 amide bonds. The van der Waals surface area contributed by atoms with E-state index in [9.17, 15) is 21.6 Å². The molecule has 0 aromatic heterocycles. The first-order valence-corrected chi connectivity index (χ1v) is 9.42. The Morgan fingerprint density at radius 3 is 2.26 bits per heavy atom. The molecule has 0 aromatic carbocycles. The molecule has 9 heteroatoms. The van der Waals surface area contributed by atoms with Crippen LogP contribution in [0.4, 0.5) is 0 Å². The third-order valence-corrected chi connectivity index (χ3v) is 6.26. The van der Waals surface area contributed by atoms with Gasteiger partial charge in [-0.25, -0.2) is 21.6 Å². The second-order valence-electron chi connectivity index (χ2n) is 4.68. The minimum atomic E-state index is -3.76. The summed E-state index contributed by atoms with van der Waals surface area (Å²) in [5.41, 5.74) is 0. The molecule has 0 aromatic rings. The van der Waals surface area contributed by atoms with Crippen LogP contribution in [0.1, 0.15) is 41.9 Å². The molecule has 7 nitrogen and oxygen atoms in total. The van der Waals surface area contributed by atoms with E-state index in [2.05, 4.69) is 4.72 Å². The number of hydrogen-bond donors (Lipinski definition) is 2. The van der Waals surface area contributed by atoms with Gasteiger partial charge in [-0.1, -0.05) is 19.3 Å². The summed E-state index contributed by atoms with van der Waals surface area (Å²) in [5, 5.41) is -0.426. The van der Waals surface area contributed by atoms with Crippen molar-refractivity contribution in [1.82, 2.24) is 9.44 Å². The van der Waals surface area contributed by atoms with Crippen LogP contribution in [0.3, 0.4) is 0 Å². The van der Waals surface area contributed by atoms with E-state index in [0.29, 0.717) is 12.8 Å². The van der Waals surface area contributed by atoms with E-state index in [1.165, 1.54) is 0 Å². The van der Waals surface area contributed by atoms with E-state index in [0.717, 1.165) is 26.2 Å². The maximum Gasteiger partial charge on any atom is 0.236 e. The van der Waals surface area contributed by atoms with Gasteiger partial charge in [-0.15, -0.1) is 0 Å². The van der Waals surface area contributed by atoms with Crippen LogP contribution < -0.4 is 9.44 Å². The van der Waals surface area contributed by atoms with Crippen LogP contribution in [-0.4, -0.2) is 40.3 Å². The normalized spacial score (nSPS) is 18.2. The largest absolute Gasteiger partial charge is 0.274 e. The first-order valence-electron chi connectivity index (χ1n) is 6.22. The maximum atomic E-state index is 11.9. The number of amides is 1. The lowest BCUT2D eigenvalue weighted by atomic mass is 10.0. The van der Waals surface area contributed by atoms with Crippen LogP contribution in [0.25, 0.3) is 0 Å².